The van der Waals surface area contributed by atoms with E-state index in [1.807, 2.05) is 0 Å². The summed E-state index contributed by atoms with van der Waals surface area (Å²) >= 11 is 0. The van der Waals surface area contributed by atoms with E-state index in [1.165, 1.54) is 44.9 Å². The van der Waals surface area contributed by atoms with E-state index >= 15 is 0 Å². The normalized spacial score (nSPS) is 24.0. The van der Waals surface area contributed by atoms with Crippen LogP contribution in [0.15, 0.2) is 17.1 Å². The summed E-state index contributed by atoms with van der Waals surface area (Å²) < 4.78 is 2.21. The van der Waals surface area contributed by atoms with Gasteiger partial charge in [-0.1, -0.05) is 32.6 Å². The van der Waals surface area contributed by atoms with Crippen molar-refractivity contribution in [1.29, 1.82) is 0 Å². The van der Waals surface area contributed by atoms with Crippen molar-refractivity contribution >= 4 is 0 Å². The average molecular weight is 318 g/mol. The summed E-state index contributed by atoms with van der Waals surface area (Å²) in [6, 6.07) is 2.74. The molecule has 4 nitrogen and oxygen atoms in total. The van der Waals surface area contributed by atoms with Gasteiger partial charge in [-0.05, 0) is 38.6 Å². The highest BCUT2D eigenvalue weighted by molar-refractivity contribution is 5.21. The van der Waals surface area contributed by atoms with E-state index in [0.29, 0.717) is 12.1 Å². The monoisotopic (exact) mass is 318 g/mol. The third-order valence-electron chi connectivity index (χ3n) is 5.70. The van der Waals surface area contributed by atoms with Crippen LogP contribution >= 0.6 is 0 Å². The molecule has 2 heterocycles. The van der Waals surface area contributed by atoms with Gasteiger partial charge >= 0.3 is 0 Å². The summed E-state index contributed by atoms with van der Waals surface area (Å²) in [5.41, 5.74) is 0.845. The molecule has 1 aliphatic carbocycles. The second-order valence-corrected chi connectivity index (χ2v) is 7.24. The number of nitrogens with zero attached hydrogens (tertiary/aromatic N) is 2. The lowest BCUT2D eigenvalue weighted by atomic mass is 9.94. The molecule has 1 atom stereocenters. The smallest absolute Gasteiger partial charge is 0.223 e. The number of aromatic hydroxyl groups is 1. The maximum Gasteiger partial charge on any atom is 0.223 e. The highest BCUT2D eigenvalue weighted by Gasteiger charge is 2.24. The fourth-order valence-corrected chi connectivity index (χ4v) is 4.34. The summed E-state index contributed by atoms with van der Waals surface area (Å²) in [6.45, 7) is 4.22. The Labute approximate surface area is 139 Å². The summed E-state index contributed by atoms with van der Waals surface area (Å²) in [5.74, 6) is -0.106. The van der Waals surface area contributed by atoms with Gasteiger partial charge in [0.25, 0.3) is 0 Å². The van der Waals surface area contributed by atoms with E-state index in [-0.39, 0.29) is 11.2 Å². The summed E-state index contributed by atoms with van der Waals surface area (Å²) in [6.07, 6.45) is 12.8. The van der Waals surface area contributed by atoms with Crippen molar-refractivity contribution < 1.29 is 5.11 Å². The van der Waals surface area contributed by atoms with Crippen molar-refractivity contribution in [3.8, 4) is 5.75 Å². The van der Waals surface area contributed by atoms with Crippen LogP contribution in [-0.2, 0) is 6.54 Å². The largest absolute Gasteiger partial charge is 0.503 e. The quantitative estimate of drug-likeness (QED) is 0.918. The standard InChI is InChI=1S/C19H30N2O2/c1-2-15-8-6-7-11-20(15)13-17-12-18(22)19(23)14-21(17)16-9-4-3-5-10-16/h12,14-16,23H,2-11,13H2,1H3. The fourth-order valence-electron chi connectivity index (χ4n) is 4.34. The third kappa shape index (κ3) is 3.79. The Morgan fingerprint density at radius 2 is 1.87 bits per heavy atom. The van der Waals surface area contributed by atoms with Gasteiger partial charge in [0.15, 0.2) is 5.75 Å². The molecule has 2 fully saturated rings. The number of rotatable bonds is 4. The van der Waals surface area contributed by atoms with Crippen LogP contribution < -0.4 is 5.43 Å². The predicted octanol–water partition coefficient (Wildman–Crippen LogP) is 3.82. The molecule has 0 radical (unpaired) electrons. The summed E-state index contributed by atoms with van der Waals surface area (Å²) in [7, 11) is 0. The zero-order chi connectivity index (χ0) is 16.2. The van der Waals surface area contributed by atoms with Crippen LogP contribution in [0.2, 0.25) is 0 Å². The first kappa shape index (κ1) is 16.6. The Hall–Kier alpha value is -1.29. The molecule has 0 spiro atoms. The second kappa shape index (κ2) is 7.52. The van der Waals surface area contributed by atoms with E-state index < -0.39 is 0 Å². The third-order valence-corrected chi connectivity index (χ3v) is 5.70. The van der Waals surface area contributed by atoms with Crippen LogP contribution in [-0.4, -0.2) is 27.2 Å². The van der Waals surface area contributed by atoms with Gasteiger partial charge in [0, 0.05) is 30.4 Å². The molecule has 0 bridgehead atoms. The Bertz CT molecular complexity index is 575. The first-order chi connectivity index (χ1) is 11.2. The molecule has 1 aliphatic heterocycles. The first-order valence-corrected chi connectivity index (χ1v) is 9.37. The van der Waals surface area contributed by atoms with Crippen molar-refractivity contribution in [2.24, 2.45) is 0 Å². The van der Waals surface area contributed by atoms with Crippen molar-refractivity contribution in [3.63, 3.8) is 0 Å². The van der Waals surface area contributed by atoms with Crippen LogP contribution in [0.25, 0.3) is 0 Å². The van der Waals surface area contributed by atoms with Gasteiger partial charge in [-0.15, -0.1) is 0 Å². The fraction of sp³-hybridized carbons (Fsp3) is 0.737. The molecule has 1 N–H and O–H groups in total. The number of pyridine rings is 1. The number of piperidine rings is 1. The minimum Gasteiger partial charge on any atom is -0.503 e. The van der Waals surface area contributed by atoms with Crippen LogP contribution in [0.3, 0.4) is 0 Å². The van der Waals surface area contributed by atoms with Gasteiger partial charge in [-0.2, -0.15) is 0 Å². The van der Waals surface area contributed by atoms with Crippen LogP contribution in [0.1, 0.15) is 76.4 Å². The topological polar surface area (TPSA) is 45.5 Å². The molecular formula is C19H30N2O2. The van der Waals surface area contributed by atoms with Crippen molar-refractivity contribution in [2.75, 3.05) is 6.54 Å². The highest BCUT2D eigenvalue weighted by Crippen LogP contribution is 2.30. The van der Waals surface area contributed by atoms with Gasteiger partial charge in [0.2, 0.25) is 5.43 Å². The molecule has 1 saturated carbocycles. The molecule has 3 rings (SSSR count). The molecule has 128 valence electrons. The van der Waals surface area contributed by atoms with Crippen LogP contribution in [0, 0.1) is 0 Å². The number of likely N-dealkylation sites (tertiary alicyclic amines) is 1. The van der Waals surface area contributed by atoms with Crippen LogP contribution in [0.5, 0.6) is 5.75 Å². The van der Waals surface area contributed by atoms with Crippen LogP contribution in [0.4, 0.5) is 0 Å². The molecule has 1 aromatic heterocycles. The number of hydrogen-bond acceptors (Lipinski definition) is 3. The molecule has 1 saturated heterocycles. The van der Waals surface area contributed by atoms with Gasteiger partial charge in [0.05, 0.1) is 6.20 Å². The Morgan fingerprint density at radius 1 is 1.13 bits per heavy atom. The molecule has 0 aromatic carbocycles. The van der Waals surface area contributed by atoms with Crippen molar-refractivity contribution in [2.45, 2.75) is 83.3 Å². The van der Waals surface area contributed by atoms with Gasteiger partial charge in [-0.25, -0.2) is 0 Å². The highest BCUT2D eigenvalue weighted by atomic mass is 16.3. The first-order valence-electron chi connectivity index (χ1n) is 9.37. The summed E-state index contributed by atoms with van der Waals surface area (Å²) in [4.78, 5) is 14.5. The minimum atomic E-state index is -0.239. The Balaban J connectivity index is 1.87. The minimum absolute atomic E-state index is 0.106. The van der Waals surface area contributed by atoms with E-state index in [0.717, 1.165) is 31.6 Å². The van der Waals surface area contributed by atoms with E-state index in [9.17, 15) is 9.90 Å². The molecule has 23 heavy (non-hydrogen) atoms. The number of hydrogen-bond donors (Lipinski definition) is 1. The Morgan fingerprint density at radius 3 is 2.61 bits per heavy atom. The summed E-state index contributed by atoms with van der Waals surface area (Å²) in [5, 5.41) is 9.91. The number of aromatic nitrogens is 1. The Kier molecular flexibility index (Phi) is 5.42. The van der Waals surface area contributed by atoms with Gasteiger partial charge < -0.3 is 9.67 Å². The zero-order valence-electron chi connectivity index (χ0n) is 14.3. The lowest BCUT2D eigenvalue weighted by Gasteiger charge is -2.36. The van der Waals surface area contributed by atoms with Gasteiger partial charge in [-0.3, -0.25) is 9.69 Å². The maximum absolute atomic E-state index is 12.0. The van der Waals surface area contributed by atoms with E-state index in [4.69, 9.17) is 0 Å². The maximum atomic E-state index is 12.0. The SMILES string of the molecule is CCC1CCCCN1Cc1cc(=O)c(O)cn1C1CCCCC1. The van der Waals surface area contributed by atoms with Crippen molar-refractivity contribution in [3.05, 3.63) is 28.2 Å². The average Bonchev–Trinajstić information content (AvgIpc) is 2.59. The lowest BCUT2D eigenvalue weighted by molar-refractivity contribution is 0.130. The second-order valence-electron chi connectivity index (χ2n) is 7.24. The van der Waals surface area contributed by atoms with Gasteiger partial charge in [0.1, 0.15) is 0 Å². The van der Waals surface area contributed by atoms with Crippen molar-refractivity contribution in [1.82, 2.24) is 9.47 Å². The molecule has 0 amide bonds. The van der Waals surface area contributed by atoms with E-state index in [2.05, 4.69) is 16.4 Å². The molecule has 2 aliphatic rings. The lowest BCUT2D eigenvalue weighted by Crippen LogP contribution is -2.39. The molecule has 1 unspecified atom stereocenters. The molecule has 1 aromatic rings. The molecular weight excluding hydrogens is 288 g/mol. The predicted molar refractivity (Wildman–Crippen MR) is 92.8 cm³/mol. The van der Waals surface area contributed by atoms with E-state index in [1.54, 1.807) is 12.3 Å². The molecule has 4 heteroatoms. The zero-order valence-corrected chi connectivity index (χ0v) is 14.3.